The van der Waals surface area contributed by atoms with E-state index in [0.29, 0.717) is 0 Å². The summed E-state index contributed by atoms with van der Waals surface area (Å²) in [6, 6.07) is -0.328. The van der Waals surface area contributed by atoms with Gasteiger partial charge in [0.2, 0.25) is 5.91 Å². The number of carbonyl (C=O) groups excluding carboxylic acids is 1. The predicted molar refractivity (Wildman–Crippen MR) is 52.3 cm³/mol. The molecule has 0 aromatic rings. The zero-order valence-corrected chi connectivity index (χ0v) is 8.90. The molecule has 0 radical (unpaired) electrons. The Hall–Kier alpha value is -1.14. The second kappa shape index (κ2) is 7.19. The van der Waals surface area contributed by atoms with Gasteiger partial charge in [-0.05, 0) is 5.92 Å². The molecule has 0 spiro atoms. The van der Waals surface area contributed by atoms with E-state index in [2.05, 4.69) is 10.1 Å². The SMILES string of the molecule is CC(C)C(CO)NC(=O)COCC(=O)O. The first-order chi connectivity index (χ1) is 6.97. The van der Waals surface area contributed by atoms with Gasteiger partial charge in [0.15, 0.2) is 0 Å². The number of aliphatic hydroxyl groups is 1. The third kappa shape index (κ3) is 6.87. The fourth-order valence-corrected chi connectivity index (χ4v) is 0.903. The van der Waals surface area contributed by atoms with Crippen LogP contribution in [0.5, 0.6) is 0 Å². The van der Waals surface area contributed by atoms with Crippen LogP contribution in [0.25, 0.3) is 0 Å². The van der Waals surface area contributed by atoms with E-state index in [1.807, 2.05) is 13.8 Å². The van der Waals surface area contributed by atoms with Gasteiger partial charge in [0, 0.05) is 0 Å². The van der Waals surface area contributed by atoms with Crippen LogP contribution in [0.1, 0.15) is 13.8 Å². The van der Waals surface area contributed by atoms with E-state index in [1.165, 1.54) is 0 Å². The number of hydrogen-bond donors (Lipinski definition) is 3. The lowest BCUT2D eigenvalue weighted by Gasteiger charge is -2.19. The molecule has 0 bridgehead atoms. The average Bonchev–Trinajstić information content (AvgIpc) is 2.13. The summed E-state index contributed by atoms with van der Waals surface area (Å²) in [4.78, 5) is 21.2. The Balaban J connectivity index is 3.76. The molecule has 1 unspecified atom stereocenters. The van der Waals surface area contributed by atoms with Crippen LogP contribution in [0.4, 0.5) is 0 Å². The number of nitrogens with one attached hydrogen (secondary N) is 1. The first-order valence-electron chi connectivity index (χ1n) is 4.67. The number of amides is 1. The summed E-state index contributed by atoms with van der Waals surface area (Å²) >= 11 is 0. The van der Waals surface area contributed by atoms with Gasteiger partial charge in [-0.25, -0.2) is 4.79 Å². The molecule has 0 saturated heterocycles. The topological polar surface area (TPSA) is 95.9 Å². The molecule has 0 heterocycles. The van der Waals surface area contributed by atoms with E-state index in [0.717, 1.165) is 0 Å². The molecule has 1 amide bonds. The largest absolute Gasteiger partial charge is 0.480 e. The zero-order chi connectivity index (χ0) is 11.8. The molecule has 6 nitrogen and oxygen atoms in total. The van der Waals surface area contributed by atoms with Crippen molar-refractivity contribution in [1.29, 1.82) is 0 Å². The zero-order valence-electron chi connectivity index (χ0n) is 8.90. The van der Waals surface area contributed by atoms with Gasteiger partial charge in [0.1, 0.15) is 13.2 Å². The molecule has 0 aliphatic carbocycles. The van der Waals surface area contributed by atoms with Crippen molar-refractivity contribution in [3.05, 3.63) is 0 Å². The summed E-state index contributed by atoms with van der Waals surface area (Å²) < 4.78 is 4.59. The maximum absolute atomic E-state index is 11.2. The number of ether oxygens (including phenoxy) is 1. The van der Waals surface area contributed by atoms with E-state index in [9.17, 15) is 9.59 Å². The molecule has 15 heavy (non-hydrogen) atoms. The number of aliphatic hydroxyl groups excluding tert-OH is 1. The third-order valence-corrected chi connectivity index (χ3v) is 1.81. The van der Waals surface area contributed by atoms with Crippen LogP contribution in [0.15, 0.2) is 0 Å². The van der Waals surface area contributed by atoms with Gasteiger partial charge in [0.05, 0.1) is 12.6 Å². The Morgan fingerprint density at radius 1 is 1.33 bits per heavy atom. The maximum Gasteiger partial charge on any atom is 0.329 e. The molecule has 88 valence electrons. The van der Waals surface area contributed by atoms with Crippen molar-refractivity contribution in [2.24, 2.45) is 5.92 Å². The van der Waals surface area contributed by atoms with Crippen LogP contribution < -0.4 is 5.32 Å². The van der Waals surface area contributed by atoms with Gasteiger partial charge in [0.25, 0.3) is 0 Å². The van der Waals surface area contributed by atoms with Gasteiger partial charge >= 0.3 is 5.97 Å². The van der Waals surface area contributed by atoms with Crippen LogP contribution in [-0.2, 0) is 14.3 Å². The van der Waals surface area contributed by atoms with E-state index < -0.39 is 18.5 Å². The van der Waals surface area contributed by atoms with Crippen molar-refractivity contribution >= 4 is 11.9 Å². The Morgan fingerprint density at radius 3 is 2.33 bits per heavy atom. The molecule has 0 aromatic heterocycles. The summed E-state index contributed by atoms with van der Waals surface area (Å²) in [6.07, 6.45) is 0. The number of carbonyl (C=O) groups is 2. The molecule has 0 aliphatic heterocycles. The summed E-state index contributed by atoms with van der Waals surface area (Å²) in [5.41, 5.74) is 0. The predicted octanol–water partition coefficient (Wildman–Crippen LogP) is -0.779. The molecule has 0 saturated carbocycles. The second-order valence-electron chi connectivity index (χ2n) is 3.49. The minimum absolute atomic E-state index is 0.110. The van der Waals surface area contributed by atoms with Crippen molar-refractivity contribution in [3.8, 4) is 0 Å². The quantitative estimate of drug-likeness (QED) is 0.522. The highest BCUT2D eigenvalue weighted by atomic mass is 16.5. The minimum atomic E-state index is -1.12. The van der Waals surface area contributed by atoms with Gasteiger partial charge in [-0.3, -0.25) is 4.79 Å². The number of rotatable bonds is 7. The van der Waals surface area contributed by atoms with Gasteiger partial charge in [-0.15, -0.1) is 0 Å². The molecule has 1 atom stereocenters. The average molecular weight is 219 g/mol. The third-order valence-electron chi connectivity index (χ3n) is 1.81. The molecule has 6 heteroatoms. The lowest BCUT2D eigenvalue weighted by atomic mass is 10.1. The monoisotopic (exact) mass is 219 g/mol. The summed E-state index contributed by atoms with van der Waals surface area (Å²) in [7, 11) is 0. The highest BCUT2D eigenvalue weighted by Gasteiger charge is 2.14. The fraction of sp³-hybridized carbons (Fsp3) is 0.778. The summed E-state index contributed by atoms with van der Waals surface area (Å²) in [6.45, 7) is 2.76. The van der Waals surface area contributed by atoms with E-state index in [-0.39, 0.29) is 25.2 Å². The smallest absolute Gasteiger partial charge is 0.329 e. The Bertz CT molecular complexity index is 217. The van der Waals surface area contributed by atoms with Gasteiger partial charge in [-0.1, -0.05) is 13.8 Å². The van der Waals surface area contributed by atoms with Crippen LogP contribution >= 0.6 is 0 Å². The highest BCUT2D eigenvalue weighted by molar-refractivity contribution is 5.78. The minimum Gasteiger partial charge on any atom is -0.480 e. The van der Waals surface area contributed by atoms with Crippen LogP contribution in [0.3, 0.4) is 0 Å². The number of hydrogen-bond acceptors (Lipinski definition) is 4. The number of carboxylic acid groups (broad SMARTS) is 1. The number of carboxylic acids is 1. The summed E-state index contributed by atoms with van der Waals surface area (Å²) in [5.74, 6) is -1.44. The highest BCUT2D eigenvalue weighted by Crippen LogP contribution is 1.99. The molecule has 0 aromatic carbocycles. The fourth-order valence-electron chi connectivity index (χ4n) is 0.903. The maximum atomic E-state index is 11.2. The van der Waals surface area contributed by atoms with E-state index in [1.54, 1.807) is 0 Å². The lowest BCUT2D eigenvalue weighted by Crippen LogP contribution is -2.43. The van der Waals surface area contributed by atoms with E-state index >= 15 is 0 Å². The van der Waals surface area contributed by atoms with E-state index in [4.69, 9.17) is 10.2 Å². The molecular weight excluding hydrogens is 202 g/mol. The first-order valence-corrected chi connectivity index (χ1v) is 4.67. The molecule has 0 aliphatic rings. The lowest BCUT2D eigenvalue weighted by molar-refractivity contribution is -0.143. The van der Waals surface area contributed by atoms with Crippen LogP contribution in [0, 0.1) is 5.92 Å². The molecular formula is C9H17NO5. The Morgan fingerprint density at radius 2 is 1.93 bits per heavy atom. The van der Waals surface area contributed by atoms with Crippen molar-refractivity contribution in [2.45, 2.75) is 19.9 Å². The van der Waals surface area contributed by atoms with Crippen LogP contribution in [0.2, 0.25) is 0 Å². The van der Waals surface area contributed by atoms with Gasteiger partial charge in [-0.2, -0.15) is 0 Å². The Kier molecular flexibility index (Phi) is 6.64. The normalized spacial score (nSPS) is 12.5. The molecule has 3 N–H and O–H groups in total. The second-order valence-corrected chi connectivity index (χ2v) is 3.49. The Labute approximate surface area is 88.2 Å². The molecule has 0 rings (SSSR count). The standard InChI is InChI=1S/C9H17NO5/c1-6(2)7(3-11)10-8(12)4-15-5-9(13)14/h6-7,11H,3-5H2,1-2H3,(H,10,12)(H,13,14). The van der Waals surface area contributed by atoms with Gasteiger partial charge < -0.3 is 20.3 Å². The number of aliphatic carboxylic acids is 1. The van der Waals surface area contributed by atoms with Crippen LogP contribution in [-0.4, -0.2) is 48.0 Å². The first kappa shape index (κ1) is 13.9. The summed E-state index contributed by atoms with van der Waals surface area (Å²) in [5, 5.41) is 19.7. The van der Waals surface area contributed by atoms with Crippen molar-refractivity contribution in [1.82, 2.24) is 5.32 Å². The van der Waals surface area contributed by atoms with Crippen molar-refractivity contribution in [2.75, 3.05) is 19.8 Å². The van der Waals surface area contributed by atoms with Crippen molar-refractivity contribution in [3.63, 3.8) is 0 Å². The van der Waals surface area contributed by atoms with Crippen molar-refractivity contribution < 1.29 is 24.5 Å². The molecule has 0 fully saturated rings.